The molecule has 0 saturated carbocycles. The minimum absolute atomic E-state index is 0.161. The SMILES string of the molecule is Cc1ccc(Cl)c(NC(=O)C2(C(F)(F)F)CCNC2)c1. The molecule has 1 aromatic rings. The summed E-state index contributed by atoms with van der Waals surface area (Å²) in [4.78, 5) is 12.1. The van der Waals surface area contributed by atoms with Crippen LogP contribution in [0.15, 0.2) is 18.2 Å². The number of carbonyl (C=O) groups is 1. The first-order chi connectivity index (χ1) is 9.26. The van der Waals surface area contributed by atoms with Gasteiger partial charge in [-0.1, -0.05) is 17.7 Å². The highest BCUT2D eigenvalue weighted by Crippen LogP contribution is 2.44. The van der Waals surface area contributed by atoms with Gasteiger partial charge in [0.1, 0.15) is 0 Å². The minimum Gasteiger partial charge on any atom is -0.324 e. The summed E-state index contributed by atoms with van der Waals surface area (Å²) in [5, 5.41) is 5.12. The molecule has 20 heavy (non-hydrogen) atoms. The molecule has 0 aromatic heterocycles. The van der Waals surface area contributed by atoms with Gasteiger partial charge in [-0.15, -0.1) is 0 Å². The van der Waals surface area contributed by atoms with Crippen molar-refractivity contribution in [3.05, 3.63) is 28.8 Å². The molecule has 110 valence electrons. The number of hydrogen-bond donors (Lipinski definition) is 2. The number of nitrogens with one attached hydrogen (secondary N) is 2. The van der Waals surface area contributed by atoms with Gasteiger partial charge in [0.05, 0.1) is 10.7 Å². The van der Waals surface area contributed by atoms with Gasteiger partial charge in [0.2, 0.25) is 5.91 Å². The van der Waals surface area contributed by atoms with Crippen molar-refractivity contribution in [3.8, 4) is 0 Å². The van der Waals surface area contributed by atoms with Gasteiger partial charge < -0.3 is 10.6 Å². The van der Waals surface area contributed by atoms with Gasteiger partial charge in [-0.2, -0.15) is 13.2 Å². The second-order valence-corrected chi connectivity index (χ2v) is 5.35. The first kappa shape index (κ1) is 15.1. The Hall–Kier alpha value is -1.27. The summed E-state index contributed by atoms with van der Waals surface area (Å²) in [6, 6.07) is 4.81. The summed E-state index contributed by atoms with van der Waals surface area (Å²) in [7, 11) is 0. The second-order valence-electron chi connectivity index (χ2n) is 4.94. The molecule has 1 heterocycles. The zero-order valence-electron chi connectivity index (χ0n) is 10.8. The van der Waals surface area contributed by atoms with E-state index in [9.17, 15) is 18.0 Å². The van der Waals surface area contributed by atoms with Gasteiger partial charge in [0.25, 0.3) is 0 Å². The standard InChI is InChI=1S/C13H14ClF3N2O/c1-8-2-3-9(14)10(6-8)19-11(20)12(13(15,16)17)4-5-18-7-12/h2-3,6,18H,4-5,7H2,1H3,(H,19,20). The zero-order valence-corrected chi connectivity index (χ0v) is 11.5. The van der Waals surface area contributed by atoms with Crippen LogP contribution in [0.3, 0.4) is 0 Å². The minimum atomic E-state index is -4.60. The number of amides is 1. The van der Waals surface area contributed by atoms with Crippen LogP contribution in [-0.4, -0.2) is 25.2 Å². The van der Waals surface area contributed by atoms with E-state index < -0.39 is 24.0 Å². The number of anilines is 1. The molecule has 1 unspecified atom stereocenters. The van der Waals surface area contributed by atoms with Crippen molar-refractivity contribution in [1.29, 1.82) is 0 Å². The molecular formula is C13H14ClF3N2O. The quantitative estimate of drug-likeness (QED) is 0.881. The van der Waals surface area contributed by atoms with Crippen LogP contribution in [0.1, 0.15) is 12.0 Å². The van der Waals surface area contributed by atoms with Crippen LogP contribution in [0.25, 0.3) is 0 Å². The van der Waals surface area contributed by atoms with Crippen LogP contribution in [0.2, 0.25) is 5.02 Å². The van der Waals surface area contributed by atoms with Crippen LogP contribution in [0, 0.1) is 12.3 Å². The molecule has 0 spiro atoms. The van der Waals surface area contributed by atoms with E-state index in [1.807, 2.05) is 0 Å². The largest absolute Gasteiger partial charge is 0.404 e. The van der Waals surface area contributed by atoms with Crippen LogP contribution in [0.4, 0.5) is 18.9 Å². The second kappa shape index (κ2) is 5.26. The Bertz CT molecular complexity index is 525. The van der Waals surface area contributed by atoms with E-state index in [0.717, 1.165) is 5.56 Å². The predicted molar refractivity (Wildman–Crippen MR) is 70.8 cm³/mol. The molecule has 7 heteroatoms. The highest BCUT2D eigenvalue weighted by molar-refractivity contribution is 6.33. The van der Waals surface area contributed by atoms with Crippen LogP contribution in [0.5, 0.6) is 0 Å². The molecule has 1 amide bonds. The molecule has 1 aromatic carbocycles. The Morgan fingerprint density at radius 2 is 2.15 bits per heavy atom. The lowest BCUT2D eigenvalue weighted by atomic mass is 9.85. The zero-order chi connectivity index (χ0) is 15.0. The summed E-state index contributed by atoms with van der Waals surface area (Å²) < 4.78 is 39.6. The Kier molecular flexibility index (Phi) is 3.97. The summed E-state index contributed by atoms with van der Waals surface area (Å²) >= 11 is 5.90. The molecule has 1 fully saturated rings. The lowest BCUT2D eigenvalue weighted by Gasteiger charge is -2.29. The monoisotopic (exact) mass is 306 g/mol. The first-order valence-corrected chi connectivity index (χ1v) is 6.49. The van der Waals surface area contributed by atoms with Crippen molar-refractivity contribution < 1.29 is 18.0 Å². The maximum Gasteiger partial charge on any atom is 0.404 e. The number of benzene rings is 1. The van der Waals surface area contributed by atoms with Crippen molar-refractivity contribution >= 4 is 23.2 Å². The summed E-state index contributed by atoms with van der Waals surface area (Å²) in [6.45, 7) is 1.52. The Labute approximate surface area is 119 Å². The van der Waals surface area contributed by atoms with Crippen molar-refractivity contribution in [1.82, 2.24) is 5.32 Å². The van der Waals surface area contributed by atoms with Crippen LogP contribution < -0.4 is 10.6 Å². The van der Waals surface area contributed by atoms with E-state index in [4.69, 9.17) is 11.6 Å². The van der Waals surface area contributed by atoms with Gasteiger partial charge >= 0.3 is 6.18 Å². The van der Waals surface area contributed by atoms with E-state index in [0.29, 0.717) is 0 Å². The predicted octanol–water partition coefficient (Wildman–Crippen LogP) is 3.13. The molecule has 1 aliphatic rings. The van der Waals surface area contributed by atoms with Gasteiger partial charge in [0.15, 0.2) is 5.41 Å². The van der Waals surface area contributed by atoms with Gasteiger partial charge in [-0.3, -0.25) is 4.79 Å². The van der Waals surface area contributed by atoms with E-state index in [1.54, 1.807) is 25.1 Å². The van der Waals surface area contributed by atoms with E-state index in [2.05, 4.69) is 10.6 Å². The molecule has 1 saturated heterocycles. The summed E-state index contributed by atoms with van der Waals surface area (Å²) in [6.07, 6.45) is -4.87. The maximum absolute atomic E-state index is 13.2. The third kappa shape index (κ3) is 2.62. The number of rotatable bonds is 2. The highest BCUT2D eigenvalue weighted by atomic mass is 35.5. The topological polar surface area (TPSA) is 41.1 Å². The van der Waals surface area contributed by atoms with E-state index in [-0.39, 0.29) is 23.7 Å². The molecular weight excluding hydrogens is 293 g/mol. The Balaban J connectivity index is 2.28. The van der Waals surface area contributed by atoms with Crippen molar-refractivity contribution in [2.45, 2.75) is 19.5 Å². The van der Waals surface area contributed by atoms with Crippen molar-refractivity contribution in [2.24, 2.45) is 5.41 Å². The summed E-state index contributed by atoms with van der Waals surface area (Å²) in [5.74, 6) is -1.07. The normalized spacial score (nSPS) is 22.9. The lowest BCUT2D eigenvalue weighted by Crippen LogP contribution is -2.49. The molecule has 0 aliphatic carbocycles. The smallest absolute Gasteiger partial charge is 0.324 e. The third-order valence-corrected chi connectivity index (χ3v) is 3.83. The Morgan fingerprint density at radius 1 is 1.45 bits per heavy atom. The average molecular weight is 307 g/mol. The lowest BCUT2D eigenvalue weighted by molar-refractivity contribution is -0.213. The Morgan fingerprint density at radius 3 is 2.70 bits per heavy atom. The molecule has 1 atom stereocenters. The fourth-order valence-electron chi connectivity index (χ4n) is 2.23. The third-order valence-electron chi connectivity index (χ3n) is 3.50. The van der Waals surface area contributed by atoms with Crippen molar-refractivity contribution in [3.63, 3.8) is 0 Å². The number of alkyl halides is 3. The number of carbonyl (C=O) groups excluding carboxylic acids is 1. The van der Waals surface area contributed by atoms with Gasteiger partial charge in [-0.25, -0.2) is 0 Å². The molecule has 1 aliphatic heterocycles. The van der Waals surface area contributed by atoms with E-state index >= 15 is 0 Å². The fraction of sp³-hybridized carbons (Fsp3) is 0.462. The highest BCUT2D eigenvalue weighted by Gasteiger charge is 2.61. The first-order valence-electron chi connectivity index (χ1n) is 6.11. The number of halogens is 4. The van der Waals surface area contributed by atoms with Crippen molar-refractivity contribution in [2.75, 3.05) is 18.4 Å². The van der Waals surface area contributed by atoms with Gasteiger partial charge in [0, 0.05) is 6.54 Å². The molecule has 0 radical (unpaired) electrons. The van der Waals surface area contributed by atoms with Gasteiger partial charge in [-0.05, 0) is 37.6 Å². The molecule has 0 bridgehead atoms. The maximum atomic E-state index is 13.2. The van der Waals surface area contributed by atoms with E-state index in [1.165, 1.54) is 0 Å². The molecule has 3 nitrogen and oxygen atoms in total. The summed E-state index contributed by atoms with van der Waals surface area (Å²) in [5.41, 5.74) is -1.39. The average Bonchev–Trinajstić information content (AvgIpc) is 2.83. The fourth-order valence-corrected chi connectivity index (χ4v) is 2.40. The van der Waals surface area contributed by atoms with Crippen LogP contribution in [-0.2, 0) is 4.79 Å². The molecule has 2 N–H and O–H groups in total. The van der Waals surface area contributed by atoms with Crippen LogP contribution >= 0.6 is 11.6 Å². The number of hydrogen-bond acceptors (Lipinski definition) is 2. The molecule has 2 rings (SSSR count). The number of aryl methyl sites for hydroxylation is 1.